The molecule has 1 unspecified atom stereocenters. The van der Waals surface area contributed by atoms with Crippen molar-refractivity contribution in [3.8, 4) is 0 Å². The summed E-state index contributed by atoms with van der Waals surface area (Å²) in [4.78, 5) is 7.05. The normalized spacial score (nSPS) is 22.4. The highest BCUT2D eigenvalue weighted by Gasteiger charge is 2.24. The van der Waals surface area contributed by atoms with Crippen LogP contribution in [-0.2, 0) is 17.6 Å². The van der Waals surface area contributed by atoms with Gasteiger partial charge in [0, 0.05) is 18.8 Å². The summed E-state index contributed by atoms with van der Waals surface area (Å²) in [5.41, 5.74) is 9.01. The van der Waals surface area contributed by atoms with Crippen molar-refractivity contribution in [2.75, 3.05) is 24.6 Å². The standard InChI is InChI=1S/C15H22N4O/c1-10-9-19(6-7-20-10)15-12(14(16)17)8-11-4-2-3-5-13(11)18-15/h8,10H,2-7,9H2,1H3,(H3,16,17). The molecule has 2 heterocycles. The first-order valence-corrected chi connectivity index (χ1v) is 7.39. The molecule has 0 amide bonds. The quantitative estimate of drug-likeness (QED) is 0.632. The van der Waals surface area contributed by atoms with Gasteiger partial charge >= 0.3 is 0 Å². The van der Waals surface area contributed by atoms with Gasteiger partial charge in [0.15, 0.2) is 0 Å². The lowest BCUT2D eigenvalue weighted by atomic mass is 9.94. The van der Waals surface area contributed by atoms with Crippen LogP contribution in [0.1, 0.15) is 36.6 Å². The average Bonchev–Trinajstić information content (AvgIpc) is 2.46. The minimum atomic E-state index is 0.111. The van der Waals surface area contributed by atoms with E-state index in [1.165, 1.54) is 24.1 Å². The summed E-state index contributed by atoms with van der Waals surface area (Å²) < 4.78 is 5.59. The number of hydrogen-bond donors (Lipinski definition) is 2. The first kappa shape index (κ1) is 13.4. The topological polar surface area (TPSA) is 75.2 Å². The van der Waals surface area contributed by atoms with Crippen LogP contribution >= 0.6 is 0 Å². The second-order valence-electron chi connectivity index (χ2n) is 5.71. The number of hydrogen-bond acceptors (Lipinski definition) is 4. The summed E-state index contributed by atoms with van der Waals surface area (Å²) in [6.45, 7) is 4.40. The lowest BCUT2D eigenvalue weighted by Gasteiger charge is -2.34. The lowest BCUT2D eigenvalue weighted by Crippen LogP contribution is -2.42. The second kappa shape index (κ2) is 5.40. The van der Waals surface area contributed by atoms with Gasteiger partial charge in [-0.2, -0.15) is 0 Å². The Labute approximate surface area is 119 Å². The molecule has 0 radical (unpaired) electrons. The number of rotatable bonds is 2. The van der Waals surface area contributed by atoms with Crippen molar-refractivity contribution in [2.24, 2.45) is 5.73 Å². The number of aryl methyl sites for hydroxylation is 2. The van der Waals surface area contributed by atoms with Gasteiger partial charge in [-0.1, -0.05) is 0 Å². The fourth-order valence-electron chi connectivity index (χ4n) is 3.07. The van der Waals surface area contributed by atoms with E-state index >= 15 is 0 Å². The highest BCUT2D eigenvalue weighted by Crippen LogP contribution is 2.27. The number of aromatic nitrogens is 1. The minimum absolute atomic E-state index is 0.111. The van der Waals surface area contributed by atoms with E-state index in [2.05, 4.69) is 17.9 Å². The first-order valence-electron chi connectivity index (χ1n) is 7.39. The molecular formula is C15H22N4O. The Morgan fingerprint density at radius 1 is 1.45 bits per heavy atom. The van der Waals surface area contributed by atoms with Gasteiger partial charge in [-0.05, 0) is 44.2 Å². The van der Waals surface area contributed by atoms with Crippen LogP contribution < -0.4 is 10.6 Å². The second-order valence-corrected chi connectivity index (χ2v) is 5.71. The molecule has 5 heteroatoms. The third kappa shape index (κ3) is 2.50. The molecule has 3 N–H and O–H groups in total. The number of nitrogens with one attached hydrogen (secondary N) is 1. The van der Waals surface area contributed by atoms with Crippen LogP contribution in [0.15, 0.2) is 6.07 Å². The van der Waals surface area contributed by atoms with Crippen LogP contribution in [0, 0.1) is 5.41 Å². The molecule has 1 aromatic rings. The van der Waals surface area contributed by atoms with Crippen LogP contribution in [0.3, 0.4) is 0 Å². The molecule has 0 aromatic carbocycles. The van der Waals surface area contributed by atoms with Crippen molar-refractivity contribution >= 4 is 11.7 Å². The van der Waals surface area contributed by atoms with E-state index in [1.54, 1.807) is 0 Å². The Hall–Kier alpha value is -1.62. The molecule has 3 rings (SSSR count). The fourth-order valence-corrected chi connectivity index (χ4v) is 3.07. The number of ether oxygens (including phenoxy) is 1. The van der Waals surface area contributed by atoms with E-state index in [0.29, 0.717) is 6.61 Å². The van der Waals surface area contributed by atoms with E-state index in [0.717, 1.165) is 37.3 Å². The summed E-state index contributed by atoms with van der Waals surface area (Å²) in [6, 6.07) is 2.08. The van der Waals surface area contributed by atoms with Gasteiger partial charge in [0.05, 0.1) is 18.3 Å². The van der Waals surface area contributed by atoms with Gasteiger partial charge in [0.25, 0.3) is 0 Å². The number of nitrogens with two attached hydrogens (primary N) is 1. The molecule has 1 atom stereocenters. The Morgan fingerprint density at radius 3 is 3.00 bits per heavy atom. The SMILES string of the molecule is CC1CN(c2nc3c(cc2C(=N)N)CCCC3)CCO1. The Kier molecular flexibility index (Phi) is 3.61. The smallest absolute Gasteiger partial charge is 0.140 e. The van der Waals surface area contributed by atoms with E-state index in [9.17, 15) is 0 Å². The summed E-state index contributed by atoms with van der Waals surface area (Å²) >= 11 is 0. The zero-order valence-corrected chi connectivity index (χ0v) is 12.0. The van der Waals surface area contributed by atoms with Crippen LogP contribution in [0.25, 0.3) is 0 Å². The van der Waals surface area contributed by atoms with Gasteiger partial charge in [-0.15, -0.1) is 0 Å². The van der Waals surface area contributed by atoms with Crippen molar-refractivity contribution in [1.82, 2.24) is 4.98 Å². The Morgan fingerprint density at radius 2 is 2.25 bits per heavy atom. The molecule has 1 fully saturated rings. The van der Waals surface area contributed by atoms with Gasteiger partial charge in [0.2, 0.25) is 0 Å². The number of nitrogens with zero attached hydrogens (tertiary/aromatic N) is 2. The molecule has 20 heavy (non-hydrogen) atoms. The molecule has 108 valence electrons. The van der Waals surface area contributed by atoms with Crippen LogP contribution in [0.4, 0.5) is 5.82 Å². The van der Waals surface area contributed by atoms with Crippen molar-refractivity contribution in [1.29, 1.82) is 5.41 Å². The average molecular weight is 274 g/mol. The van der Waals surface area contributed by atoms with Gasteiger partial charge < -0.3 is 15.4 Å². The van der Waals surface area contributed by atoms with Crippen molar-refractivity contribution in [2.45, 2.75) is 38.7 Å². The van der Waals surface area contributed by atoms with E-state index in [4.69, 9.17) is 20.9 Å². The van der Waals surface area contributed by atoms with Gasteiger partial charge in [-0.25, -0.2) is 4.98 Å². The zero-order chi connectivity index (χ0) is 14.1. The van der Waals surface area contributed by atoms with E-state index < -0.39 is 0 Å². The molecule has 2 aliphatic rings. The zero-order valence-electron chi connectivity index (χ0n) is 12.0. The van der Waals surface area contributed by atoms with E-state index in [-0.39, 0.29) is 11.9 Å². The monoisotopic (exact) mass is 274 g/mol. The molecule has 0 bridgehead atoms. The highest BCUT2D eigenvalue weighted by molar-refractivity contribution is 6.00. The third-order valence-corrected chi connectivity index (χ3v) is 4.11. The molecule has 0 spiro atoms. The number of anilines is 1. The maximum absolute atomic E-state index is 7.84. The number of amidine groups is 1. The van der Waals surface area contributed by atoms with Crippen molar-refractivity contribution < 1.29 is 4.74 Å². The molecule has 0 saturated carbocycles. The predicted octanol–water partition coefficient (Wildman–Crippen LogP) is 1.47. The maximum Gasteiger partial charge on any atom is 0.140 e. The molecule has 1 aromatic heterocycles. The number of nitrogen functional groups attached to an aromatic ring is 1. The summed E-state index contributed by atoms with van der Waals surface area (Å²) in [5, 5.41) is 7.84. The third-order valence-electron chi connectivity index (χ3n) is 4.11. The van der Waals surface area contributed by atoms with Gasteiger partial charge in [-0.3, -0.25) is 5.41 Å². The summed E-state index contributed by atoms with van der Waals surface area (Å²) in [6.07, 6.45) is 4.71. The van der Waals surface area contributed by atoms with E-state index in [1.807, 2.05) is 0 Å². The molecule has 1 aliphatic heterocycles. The maximum atomic E-state index is 7.84. The first-order chi connectivity index (χ1) is 9.65. The fraction of sp³-hybridized carbons (Fsp3) is 0.600. The summed E-state index contributed by atoms with van der Waals surface area (Å²) in [5.74, 6) is 0.980. The van der Waals surface area contributed by atoms with Crippen LogP contribution in [-0.4, -0.2) is 36.6 Å². The predicted molar refractivity (Wildman–Crippen MR) is 79.5 cm³/mol. The van der Waals surface area contributed by atoms with Gasteiger partial charge in [0.1, 0.15) is 11.7 Å². The highest BCUT2D eigenvalue weighted by atomic mass is 16.5. The number of morpholine rings is 1. The number of pyridine rings is 1. The van der Waals surface area contributed by atoms with Crippen LogP contribution in [0.2, 0.25) is 0 Å². The Balaban J connectivity index is 2.01. The molecular weight excluding hydrogens is 252 g/mol. The Bertz CT molecular complexity index is 529. The molecule has 1 aliphatic carbocycles. The summed E-state index contributed by atoms with van der Waals surface area (Å²) in [7, 11) is 0. The minimum Gasteiger partial charge on any atom is -0.384 e. The van der Waals surface area contributed by atoms with Crippen molar-refractivity contribution in [3.63, 3.8) is 0 Å². The lowest BCUT2D eigenvalue weighted by molar-refractivity contribution is 0.0529. The molecule has 5 nitrogen and oxygen atoms in total. The molecule has 1 saturated heterocycles. The van der Waals surface area contributed by atoms with Crippen LogP contribution in [0.5, 0.6) is 0 Å². The number of fused-ring (bicyclic) bond motifs is 1. The van der Waals surface area contributed by atoms with Crippen molar-refractivity contribution in [3.05, 3.63) is 22.9 Å². The largest absolute Gasteiger partial charge is 0.384 e.